The van der Waals surface area contributed by atoms with Gasteiger partial charge in [-0.15, -0.1) is 0 Å². The maximum Gasteiger partial charge on any atom is 0.281 e. The number of carbonyl (C=O) groups excluding carboxylic acids is 1. The van der Waals surface area contributed by atoms with Crippen LogP contribution < -0.4 is 10.9 Å². The number of aromatic nitrogens is 1. The number of aliphatic hydroxyl groups excluding tert-OH is 1. The lowest BCUT2D eigenvalue weighted by atomic mass is 9.96. The first kappa shape index (κ1) is 20.5. The van der Waals surface area contributed by atoms with E-state index in [-0.39, 0.29) is 35.8 Å². The highest BCUT2D eigenvalue weighted by molar-refractivity contribution is 9.10. The van der Waals surface area contributed by atoms with Crippen LogP contribution in [0.2, 0.25) is 0 Å². The van der Waals surface area contributed by atoms with Crippen LogP contribution in [0, 0.1) is 12.7 Å². The number of hydrogen-bond donors (Lipinski definition) is 2. The predicted octanol–water partition coefficient (Wildman–Crippen LogP) is 2.65. The van der Waals surface area contributed by atoms with E-state index in [0.29, 0.717) is 22.0 Å². The van der Waals surface area contributed by atoms with Crippen LogP contribution in [-0.2, 0) is 18.3 Å². The Morgan fingerprint density at radius 1 is 1.39 bits per heavy atom. The van der Waals surface area contributed by atoms with E-state index in [4.69, 9.17) is 4.84 Å². The zero-order valence-electron chi connectivity index (χ0n) is 15.8. The summed E-state index contributed by atoms with van der Waals surface area (Å²) in [6.45, 7) is 3.46. The summed E-state index contributed by atoms with van der Waals surface area (Å²) >= 11 is 3.20. The van der Waals surface area contributed by atoms with Gasteiger partial charge >= 0.3 is 0 Å². The zero-order valence-corrected chi connectivity index (χ0v) is 17.3. The number of amides is 1. The number of nitrogens with one attached hydrogen (secondary N) is 1. The van der Waals surface area contributed by atoms with E-state index < -0.39 is 17.8 Å². The minimum atomic E-state index is -0.731. The van der Waals surface area contributed by atoms with Gasteiger partial charge < -0.3 is 10.4 Å². The second kappa shape index (κ2) is 8.02. The van der Waals surface area contributed by atoms with Crippen LogP contribution in [0.4, 0.5) is 15.9 Å². The van der Waals surface area contributed by atoms with Crippen LogP contribution in [0.15, 0.2) is 27.5 Å². The topological polar surface area (TPSA) is 83.8 Å². The van der Waals surface area contributed by atoms with Gasteiger partial charge in [0.25, 0.3) is 11.5 Å². The molecule has 1 aromatic heterocycles. The van der Waals surface area contributed by atoms with E-state index in [1.54, 1.807) is 19.9 Å². The van der Waals surface area contributed by atoms with Gasteiger partial charge in [0.05, 0.1) is 23.9 Å². The second-order valence-electron chi connectivity index (χ2n) is 6.74. The van der Waals surface area contributed by atoms with Gasteiger partial charge in [-0.05, 0) is 44.0 Å². The summed E-state index contributed by atoms with van der Waals surface area (Å²) in [7, 11) is 1.53. The minimum Gasteiger partial charge on any atom is -0.391 e. The molecule has 150 valence electrons. The lowest BCUT2D eigenvalue weighted by molar-refractivity contribution is -0.144. The van der Waals surface area contributed by atoms with E-state index in [1.165, 1.54) is 28.8 Å². The molecule has 1 atom stereocenters. The van der Waals surface area contributed by atoms with E-state index in [2.05, 4.69) is 21.2 Å². The zero-order chi connectivity index (χ0) is 20.6. The number of nitrogens with zero attached hydrogens (tertiary/aromatic N) is 2. The van der Waals surface area contributed by atoms with E-state index >= 15 is 0 Å². The standard InChI is InChI=1S/C19H21BrFN3O4/c1-10(25)9-28-24-7-6-13-11(2)18(26)23(3)17(16(13)19(24)27)22-15-5-4-12(20)8-14(15)21/h4-5,8,10,22,25H,6-7,9H2,1-3H3/t10-/m1/s1. The average molecular weight is 454 g/mol. The first-order valence-corrected chi connectivity index (χ1v) is 9.57. The monoisotopic (exact) mass is 453 g/mol. The molecule has 28 heavy (non-hydrogen) atoms. The van der Waals surface area contributed by atoms with Crippen molar-refractivity contribution >= 4 is 33.3 Å². The van der Waals surface area contributed by atoms with Crippen LogP contribution >= 0.6 is 15.9 Å². The summed E-state index contributed by atoms with van der Waals surface area (Å²) in [6.07, 6.45) is -0.314. The molecule has 1 aliphatic rings. The molecule has 0 saturated heterocycles. The van der Waals surface area contributed by atoms with Gasteiger partial charge in [0, 0.05) is 17.1 Å². The summed E-state index contributed by atoms with van der Waals surface area (Å²) in [4.78, 5) is 31.1. The molecule has 0 saturated carbocycles. The van der Waals surface area contributed by atoms with Crippen molar-refractivity contribution in [2.75, 3.05) is 18.5 Å². The average Bonchev–Trinajstić information content (AvgIpc) is 2.64. The molecule has 0 aliphatic carbocycles. The van der Waals surface area contributed by atoms with Crippen molar-refractivity contribution < 1.29 is 19.1 Å². The van der Waals surface area contributed by atoms with Crippen molar-refractivity contribution in [1.82, 2.24) is 9.63 Å². The Morgan fingerprint density at radius 3 is 2.75 bits per heavy atom. The highest BCUT2D eigenvalue weighted by Crippen LogP contribution is 2.30. The van der Waals surface area contributed by atoms with Crippen molar-refractivity contribution in [3.8, 4) is 0 Å². The number of aliphatic hydroxyl groups is 1. The molecular weight excluding hydrogens is 433 g/mol. The molecule has 1 aliphatic heterocycles. The van der Waals surface area contributed by atoms with Crippen molar-refractivity contribution in [1.29, 1.82) is 0 Å². The fourth-order valence-corrected chi connectivity index (χ4v) is 3.48. The number of pyridine rings is 1. The molecule has 0 fully saturated rings. The molecule has 0 radical (unpaired) electrons. The van der Waals surface area contributed by atoms with Crippen LogP contribution in [0.25, 0.3) is 0 Å². The van der Waals surface area contributed by atoms with Crippen LogP contribution in [0.3, 0.4) is 0 Å². The summed E-state index contributed by atoms with van der Waals surface area (Å²) in [6, 6.07) is 4.47. The maximum absolute atomic E-state index is 14.3. The van der Waals surface area contributed by atoms with Gasteiger partial charge in [0.1, 0.15) is 18.2 Å². The van der Waals surface area contributed by atoms with Gasteiger partial charge in [-0.2, -0.15) is 0 Å². The van der Waals surface area contributed by atoms with Gasteiger partial charge in [-0.25, -0.2) is 9.45 Å². The third kappa shape index (κ3) is 3.82. The highest BCUT2D eigenvalue weighted by Gasteiger charge is 2.32. The number of anilines is 2. The predicted molar refractivity (Wildman–Crippen MR) is 106 cm³/mol. The third-order valence-electron chi connectivity index (χ3n) is 4.61. The molecule has 2 aromatic rings. The molecule has 7 nitrogen and oxygen atoms in total. The Balaban J connectivity index is 2.09. The SMILES string of the molecule is Cc1c2c(c(Nc3ccc(Br)cc3F)n(C)c1=O)C(=O)N(OC[C@@H](C)O)CC2. The lowest BCUT2D eigenvalue weighted by Crippen LogP contribution is -2.42. The Labute approximate surface area is 169 Å². The largest absolute Gasteiger partial charge is 0.391 e. The van der Waals surface area contributed by atoms with Gasteiger partial charge in [0.2, 0.25) is 0 Å². The quantitative estimate of drug-likeness (QED) is 0.726. The van der Waals surface area contributed by atoms with E-state index in [9.17, 15) is 19.1 Å². The lowest BCUT2D eigenvalue weighted by Gasteiger charge is -2.31. The van der Waals surface area contributed by atoms with Crippen LogP contribution in [0.1, 0.15) is 28.4 Å². The Kier molecular flexibility index (Phi) is 5.87. The smallest absolute Gasteiger partial charge is 0.281 e. The van der Waals surface area contributed by atoms with Crippen LogP contribution in [-0.4, -0.2) is 39.9 Å². The summed E-state index contributed by atoms with van der Waals surface area (Å²) < 4.78 is 16.2. The number of hydrogen-bond acceptors (Lipinski definition) is 5. The number of benzene rings is 1. The normalized spacial score (nSPS) is 14.8. The summed E-state index contributed by atoms with van der Waals surface area (Å²) in [5, 5.41) is 13.5. The number of hydroxylamine groups is 2. The number of carbonyl (C=O) groups is 1. The fourth-order valence-electron chi connectivity index (χ4n) is 3.15. The molecule has 2 N–H and O–H groups in total. The first-order chi connectivity index (χ1) is 13.2. The molecule has 2 heterocycles. The molecule has 1 amide bonds. The van der Waals surface area contributed by atoms with E-state index in [1.807, 2.05) is 0 Å². The molecule has 1 aromatic carbocycles. The van der Waals surface area contributed by atoms with Gasteiger partial charge in [-0.3, -0.25) is 19.0 Å². The highest BCUT2D eigenvalue weighted by atomic mass is 79.9. The minimum absolute atomic E-state index is 0.0318. The molecule has 9 heteroatoms. The molecule has 3 rings (SSSR count). The summed E-state index contributed by atoms with van der Waals surface area (Å²) in [5.41, 5.74) is 1.23. The van der Waals surface area contributed by atoms with Gasteiger partial charge in [-0.1, -0.05) is 15.9 Å². The van der Waals surface area contributed by atoms with Crippen LogP contribution in [0.5, 0.6) is 0 Å². The second-order valence-corrected chi connectivity index (χ2v) is 7.66. The molecule has 0 bridgehead atoms. The van der Waals surface area contributed by atoms with Crippen molar-refractivity contribution in [3.05, 3.63) is 55.5 Å². The Hall–Kier alpha value is -2.23. The number of rotatable bonds is 5. The maximum atomic E-state index is 14.3. The van der Waals surface area contributed by atoms with Crippen molar-refractivity contribution in [2.24, 2.45) is 7.05 Å². The summed E-state index contributed by atoms with van der Waals surface area (Å²) in [5.74, 6) is -0.774. The fraction of sp³-hybridized carbons (Fsp3) is 0.368. The molecule has 0 unspecified atom stereocenters. The Bertz CT molecular complexity index is 990. The molecular formula is C19H21BrFN3O4. The van der Waals surface area contributed by atoms with Gasteiger partial charge in [0.15, 0.2) is 0 Å². The van der Waals surface area contributed by atoms with Crippen molar-refractivity contribution in [3.63, 3.8) is 0 Å². The van der Waals surface area contributed by atoms with Crippen molar-refractivity contribution in [2.45, 2.75) is 26.4 Å². The first-order valence-electron chi connectivity index (χ1n) is 8.78. The molecule has 0 spiro atoms. The number of fused-ring (bicyclic) bond motifs is 1. The number of halogens is 2. The van der Waals surface area contributed by atoms with E-state index in [0.717, 1.165) is 0 Å². The third-order valence-corrected chi connectivity index (χ3v) is 5.11. The Morgan fingerprint density at radius 2 is 2.11 bits per heavy atom.